The highest BCUT2D eigenvalue weighted by Gasteiger charge is 2.35. The molecular formula is C21H40O14. The lowest BCUT2D eigenvalue weighted by atomic mass is 9.90. The van der Waals surface area contributed by atoms with Crippen LogP contribution in [0.5, 0.6) is 0 Å². The lowest BCUT2D eigenvalue weighted by Crippen LogP contribution is -2.45. The molecule has 0 atom stereocenters. The van der Waals surface area contributed by atoms with E-state index < -0.39 is 81.0 Å². The summed E-state index contributed by atoms with van der Waals surface area (Å²) in [5.74, 6) is -1.96. The molecule has 0 fully saturated rings. The first-order valence-corrected chi connectivity index (χ1v) is 10.2. The molecule has 0 bridgehead atoms. The van der Waals surface area contributed by atoms with E-state index in [2.05, 4.69) is 13.2 Å². The molecule has 14 heteroatoms. The molecular weight excluding hydrogens is 476 g/mol. The second-order valence-electron chi connectivity index (χ2n) is 7.84. The number of hydrogen-bond donors (Lipinski definition) is 10. The number of hydrogen-bond acceptors (Lipinski definition) is 12. The zero-order chi connectivity index (χ0) is 28.0. The first-order valence-electron chi connectivity index (χ1n) is 10.2. The molecule has 0 rings (SSSR count). The summed E-state index contributed by atoms with van der Waals surface area (Å²) in [6.07, 6.45) is 1.67. The lowest BCUT2D eigenvalue weighted by Gasteiger charge is -2.34. The molecule has 10 N–H and O–H groups in total. The summed E-state index contributed by atoms with van der Waals surface area (Å²) < 4.78 is 10.7. The van der Waals surface area contributed by atoms with Crippen molar-refractivity contribution < 1.29 is 70.1 Å². The number of aliphatic hydroxyl groups is 8. The van der Waals surface area contributed by atoms with Crippen molar-refractivity contribution in [1.29, 1.82) is 0 Å². The van der Waals surface area contributed by atoms with Gasteiger partial charge in [0, 0.05) is 12.2 Å². The van der Waals surface area contributed by atoms with Crippen molar-refractivity contribution in [2.24, 2.45) is 16.2 Å². The molecule has 0 saturated carbocycles. The van der Waals surface area contributed by atoms with Gasteiger partial charge in [0.25, 0.3) is 0 Å². The van der Waals surface area contributed by atoms with E-state index >= 15 is 0 Å². The summed E-state index contributed by atoms with van der Waals surface area (Å²) in [5, 5.41) is 89.8. The predicted molar refractivity (Wildman–Crippen MR) is 121 cm³/mol. The highest BCUT2D eigenvalue weighted by Crippen LogP contribution is 2.23. The summed E-state index contributed by atoms with van der Waals surface area (Å²) in [5.41, 5.74) is -3.69. The summed E-state index contributed by atoms with van der Waals surface area (Å²) in [4.78, 5) is 18.5. The highest BCUT2D eigenvalue weighted by molar-refractivity contribution is 5.79. The van der Waals surface area contributed by atoms with Gasteiger partial charge in [-0.3, -0.25) is 0 Å². The van der Waals surface area contributed by atoms with Crippen LogP contribution in [-0.4, -0.2) is 142 Å². The van der Waals surface area contributed by atoms with E-state index in [1.807, 2.05) is 0 Å². The van der Waals surface area contributed by atoms with Gasteiger partial charge in [0.05, 0.1) is 95.5 Å². The molecule has 0 aromatic carbocycles. The Labute approximate surface area is 203 Å². The Kier molecular flexibility index (Phi) is 22.9. The van der Waals surface area contributed by atoms with Gasteiger partial charge in [-0.25, -0.2) is 9.59 Å². The number of carbonyl (C=O) groups is 2. The van der Waals surface area contributed by atoms with E-state index in [4.69, 9.17) is 19.7 Å². The van der Waals surface area contributed by atoms with Gasteiger partial charge in [-0.2, -0.15) is 0 Å². The van der Waals surface area contributed by atoms with E-state index in [1.165, 1.54) is 0 Å². The summed E-state index contributed by atoms with van der Waals surface area (Å²) in [7, 11) is 0. The van der Waals surface area contributed by atoms with Gasteiger partial charge in [-0.1, -0.05) is 13.2 Å². The molecule has 0 heterocycles. The Balaban J connectivity index is -0.000000853. The number of rotatable bonds is 18. The third kappa shape index (κ3) is 16.3. The number of carboxylic acids is 2. The van der Waals surface area contributed by atoms with Gasteiger partial charge in [-0.05, 0) is 0 Å². The second kappa shape index (κ2) is 21.3. The molecule has 0 aliphatic heterocycles. The van der Waals surface area contributed by atoms with Crippen molar-refractivity contribution in [2.45, 2.75) is 0 Å². The topological polar surface area (TPSA) is 255 Å². The molecule has 0 spiro atoms. The maximum atomic E-state index is 9.56. The summed E-state index contributed by atoms with van der Waals surface area (Å²) in [6.45, 7) is 1.10. The van der Waals surface area contributed by atoms with Crippen LogP contribution < -0.4 is 0 Å². The molecule has 0 aromatic rings. The van der Waals surface area contributed by atoms with Crippen molar-refractivity contribution >= 4 is 11.9 Å². The Hall–Kier alpha value is -1.98. The standard InChI is InChI=1S/C15H32O10.2C3H4O2/c16-1-13(2-17,3-18)9-24-11-15(7-22,8-23)12-25-10-14(4-19,5-20)6-21;2*1-2-3(4)5/h16-23H,1-12H2;2*2H,1H2,(H,4,5). The van der Waals surface area contributed by atoms with Crippen LogP contribution in [0.15, 0.2) is 25.3 Å². The third-order valence-electron chi connectivity index (χ3n) is 4.67. The molecule has 14 nitrogen and oxygen atoms in total. The van der Waals surface area contributed by atoms with Crippen LogP contribution in [0.25, 0.3) is 0 Å². The molecule has 35 heavy (non-hydrogen) atoms. The molecule has 0 amide bonds. The van der Waals surface area contributed by atoms with Gasteiger partial charge in [0.2, 0.25) is 0 Å². The van der Waals surface area contributed by atoms with Crippen molar-refractivity contribution in [2.75, 3.05) is 79.3 Å². The molecule has 0 radical (unpaired) electrons. The molecule has 0 aromatic heterocycles. The van der Waals surface area contributed by atoms with Crippen LogP contribution in [-0.2, 0) is 19.1 Å². The fraction of sp³-hybridized carbons (Fsp3) is 0.714. The van der Waals surface area contributed by atoms with Crippen molar-refractivity contribution in [3.8, 4) is 0 Å². The number of aliphatic carboxylic acids is 2. The molecule has 208 valence electrons. The number of carboxylic acid groups (broad SMARTS) is 2. The van der Waals surface area contributed by atoms with Crippen LogP contribution >= 0.6 is 0 Å². The lowest BCUT2D eigenvalue weighted by molar-refractivity contribution is -0.132. The maximum absolute atomic E-state index is 9.56. The average Bonchev–Trinajstić information content (AvgIpc) is 2.89. The van der Waals surface area contributed by atoms with E-state index in [0.717, 1.165) is 12.2 Å². The minimum absolute atomic E-state index is 0.188. The van der Waals surface area contributed by atoms with Crippen LogP contribution in [0.2, 0.25) is 0 Å². The normalized spacial score (nSPS) is 11.4. The van der Waals surface area contributed by atoms with Gasteiger partial charge in [-0.15, -0.1) is 0 Å². The molecule has 0 unspecified atom stereocenters. The maximum Gasteiger partial charge on any atom is 0.327 e. The molecule has 0 saturated heterocycles. The largest absolute Gasteiger partial charge is 0.478 e. The van der Waals surface area contributed by atoms with E-state index in [1.54, 1.807) is 0 Å². The van der Waals surface area contributed by atoms with E-state index in [0.29, 0.717) is 0 Å². The van der Waals surface area contributed by atoms with Crippen LogP contribution in [0.3, 0.4) is 0 Å². The Morgan fingerprint density at radius 2 is 0.686 bits per heavy atom. The second-order valence-corrected chi connectivity index (χ2v) is 7.84. The van der Waals surface area contributed by atoms with E-state index in [9.17, 15) is 50.4 Å². The van der Waals surface area contributed by atoms with Gasteiger partial charge in [0.15, 0.2) is 0 Å². The predicted octanol–water partition coefficient (Wildman–Crippen LogP) is -3.57. The fourth-order valence-corrected chi connectivity index (χ4v) is 1.82. The first kappa shape index (κ1) is 37.6. The van der Waals surface area contributed by atoms with Gasteiger partial charge < -0.3 is 60.5 Å². The van der Waals surface area contributed by atoms with Crippen LogP contribution in [0.1, 0.15) is 0 Å². The van der Waals surface area contributed by atoms with Crippen LogP contribution in [0, 0.1) is 16.2 Å². The molecule has 0 aliphatic rings. The van der Waals surface area contributed by atoms with Crippen molar-refractivity contribution in [3.05, 3.63) is 25.3 Å². The monoisotopic (exact) mass is 516 g/mol. The fourth-order valence-electron chi connectivity index (χ4n) is 1.82. The van der Waals surface area contributed by atoms with Gasteiger partial charge in [0.1, 0.15) is 0 Å². The number of aliphatic hydroxyl groups excluding tert-OH is 8. The van der Waals surface area contributed by atoms with E-state index in [-0.39, 0.29) is 26.4 Å². The van der Waals surface area contributed by atoms with Gasteiger partial charge >= 0.3 is 11.9 Å². The van der Waals surface area contributed by atoms with Crippen molar-refractivity contribution in [3.63, 3.8) is 0 Å². The Morgan fingerprint density at radius 3 is 0.829 bits per heavy atom. The summed E-state index contributed by atoms with van der Waals surface area (Å²) in [6, 6.07) is 0. The zero-order valence-electron chi connectivity index (χ0n) is 19.7. The zero-order valence-corrected chi connectivity index (χ0v) is 19.7. The molecule has 0 aliphatic carbocycles. The average molecular weight is 517 g/mol. The third-order valence-corrected chi connectivity index (χ3v) is 4.67. The van der Waals surface area contributed by atoms with Crippen LogP contribution in [0.4, 0.5) is 0 Å². The minimum Gasteiger partial charge on any atom is -0.478 e. The Morgan fingerprint density at radius 1 is 0.514 bits per heavy atom. The van der Waals surface area contributed by atoms with Crippen molar-refractivity contribution in [1.82, 2.24) is 0 Å². The highest BCUT2D eigenvalue weighted by atomic mass is 16.5. The Bertz CT molecular complexity index is 506. The quantitative estimate of drug-likeness (QED) is 0.0791. The smallest absolute Gasteiger partial charge is 0.327 e. The minimum atomic E-state index is -1.24. The summed E-state index contributed by atoms with van der Waals surface area (Å²) >= 11 is 0. The first-order chi connectivity index (χ1) is 16.4. The number of ether oxygens (including phenoxy) is 2. The SMILES string of the molecule is C=CC(=O)O.C=CC(=O)O.OCC(CO)(CO)COCC(CO)(CO)COCC(CO)(CO)CO.